The van der Waals surface area contributed by atoms with Crippen molar-refractivity contribution in [2.24, 2.45) is 10.9 Å². The average Bonchev–Trinajstić information content (AvgIpc) is 2.47. The van der Waals surface area contributed by atoms with Crippen molar-refractivity contribution in [2.45, 2.75) is 65.3 Å². The fourth-order valence-corrected chi connectivity index (χ4v) is 2.54. The molecular formula is C16H33IN4O. The molecule has 5 nitrogen and oxygen atoms in total. The van der Waals surface area contributed by atoms with Gasteiger partial charge >= 0.3 is 0 Å². The highest BCUT2D eigenvalue weighted by molar-refractivity contribution is 14.0. The Balaban J connectivity index is 0.00000441. The van der Waals surface area contributed by atoms with Crippen LogP contribution in [0.4, 0.5) is 0 Å². The molecule has 1 fully saturated rings. The Labute approximate surface area is 152 Å². The Kier molecular flexibility index (Phi) is 12.6. The molecule has 0 saturated heterocycles. The molecule has 3 N–H and O–H groups in total. The van der Waals surface area contributed by atoms with E-state index in [1.807, 2.05) is 0 Å². The van der Waals surface area contributed by atoms with Gasteiger partial charge in [-0.3, -0.25) is 9.79 Å². The standard InChI is InChI=1S/C16H32N4O.HI/c1-4-11-18-15(21)10-12-19-16(17-5-2)20-14-8-6-13(3)7-9-14;/h13-14H,4-12H2,1-3H3,(H,18,21)(H2,17,19,20);1H. The predicted octanol–water partition coefficient (Wildman–Crippen LogP) is 2.65. The molecule has 0 aromatic rings. The maximum Gasteiger partial charge on any atom is 0.221 e. The first-order chi connectivity index (χ1) is 10.2. The maximum atomic E-state index is 11.5. The number of rotatable bonds is 7. The van der Waals surface area contributed by atoms with Gasteiger partial charge in [-0.25, -0.2) is 0 Å². The highest BCUT2D eigenvalue weighted by Crippen LogP contribution is 2.23. The van der Waals surface area contributed by atoms with Crippen molar-refractivity contribution in [3.63, 3.8) is 0 Å². The summed E-state index contributed by atoms with van der Waals surface area (Å²) in [7, 11) is 0. The van der Waals surface area contributed by atoms with Crippen LogP contribution in [0.1, 0.15) is 59.3 Å². The molecule has 0 spiro atoms. The monoisotopic (exact) mass is 424 g/mol. The Bertz CT molecular complexity index is 328. The Morgan fingerprint density at radius 2 is 1.82 bits per heavy atom. The molecule has 22 heavy (non-hydrogen) atoms. The van der Waals surface area contributed by atoms with Crippen LogP contribution >= 0.6 is 24.0 Å². The average molecular weight is 424 g/mol. The van der Waals surface area contributed by atoms with Crippen LogP contribution in [0.25, 0.3) is 0 Å². The van der Waals surface area contributed by atoms with Crippen LogP contribution in [0.5, 0.6) is 0 Å². The Hall–Kier alpha value is -0.530. The van der Waals surface area contributed by atoms with Crippen molar-refractivity contribution in [2.75, 3.05) is 19.6 Å². The quantitative estimate of drug-likeness (QED) is 0.335. The molecule has 1 aliphatic rings. The van der Waals surface area contributed by atoms with Crippen molar-refractivity contribution < 1.29 is 4.79 Å². The number of aliphatic imine (C=N–C) groups is 1. The zero-order chi connectivity index (χ0) is 15.5. The number of guanidine groups is 1. The summed E-state index contributed by atoms with van der Waals surface area (Å²) in [5, 5.41) is 9.64. The molecule has 0 heterocycles. The zero-order valence-electron chi connectivity index (χ0n) is 14.3. The van der Waals surface area contributed by atoms with Gasteiger partial charge in [0.1, 0.15) is 0 Å². The minimum Gasteiger partial charge on any atom is -0.357 e. The van der Waals surface area contributed by atoms with E-state index in [1.165, 1.54) is 25.7 Å². The first-order valence-electron chi connectivity index (χ1n) is 8.47. The molecule has 1 rings (SSSR count). The van der Waals surface area contributed by atoms with Gasteiger partial charge in [-0.1, -0.05) is 13.8 Å². The summed E-state index contributed by atoms with van der Waals surface area (Å²) in [6, 6.07) is 0.521. The van der Waals surface area contributed by atoms with E-state index in [0.717, 1.165) is 31.4 Å². The number of hydrogen-bond acceptors (Lipinski definition) is 2. The summed E-state index contributed by atoms with van der Waals surface area (Å²) in [5.41, 5.74) is 0. The van der Waals surface area contributed by atoms with Gasteiger partial charge in [0.25, 0.3) is 0 Å². The molecule has 1 saturated carbocycles. The molecule has 1 amide bonds. The lowest BCUT2D eigenvalue weighted by Gasteiger charge is -2.28. The van der Waals surface area contributed by atoms with Crippen molar-refractivity contribution in [1.29, 1.82) is 0 Å². The molecule has 6 heteroatoms. The lowest BCUT2D eigenvalue weighted by molar-refractivity contribution is -0.120. The number of amides is 1. The minimum atomic E-state index is 0. The van der Waals surface area contributed by atoms with Crippen LogP contribution in [-0.2, 0) is 4.79 Å². The number of halogens is 1. The van der Waals surface area contributed by atoms with Crippen LogP contribution in [0.3, 0.4) is 0 Å². The van der Waals surface area contributed by atoms with E-state index in [0.29, 0.717) is 19.0 Å². The van der Waals surface area contributed by atoms with E-state index in [2.05, 4.69) is 41.7 Å². The SMILES string of the molecule is CCCNC(=O)CCN=C(NCC)NC1CCC(C)CC1.I. The highest BCUT2D eigenvalue weighted by Gasteiger charge is 2.18. The first-order valence-corrected chi connectivity index (χ1v) is 8.47. The molecule has 130 valence electrons. The van der Waals surface area contributed by atoms with Gasteiger partial charge in [0, 0.05) is 25.6 Å². The summed E-state index contributed by atoms with van der Waals surface area (Å²) in [6.07, 6.45) is 6.43. The van der Waals surface area contributed by atoms with Gasteiger partial charge in [0.2, 0.25) is 5.91 Å². The van der Waals surface area contributed by atoms with E-state index in [9.17, 15) is 4.79 Å². The molecule has 0 aromatic carbocycles. The molecule has 0 atom stereocenters. The van der Waals surface area contributed by atoms with E-state index in [4.69, 9.17) is 0 Å². The molecule has 0 aliphatic heterocycles. The van der Waals surface area contributed by atoms with Crippen LogP contribution in [0.2, 0.25) is 0 Å². The van der Waals surface area contributed by atoms with Gasteiger partial charge in [-0.05, 0) is 44.9 Å². The van der Waals surface area contributed by atoms with E-state index < -0.39 is 0 Å². The predicted molar refractivity (Wildman–Crippen MR) is 104 cm³/mol. The summed E-state index contributed by atoms with van der Waals surface area (Å²) in [4.78, 5) is 16.1. The molecule has 0 bridgehead atoms. The fourth-order valence-electron chi connectivity index (χ4n) is 2.54. The normalized spacial score (nSPS) is 21.7. The number of carbonyl (C=O) groups excluding carboxylic acids is 1. The van der Waals surface area contributed by atoms with Gasteiger partial charge in [0.15, 0.2) is 5.96 Å². The van der Waals surface area contributed by atoms with Crippen molar-refractivity contribution in [3.05, 3.63) is 0 Å². The fraction of sp³-hybridized carbons (Fsp3) is 0.875. The molecule has 0 unspecified atom stereocenters. The Morgan fingerprint density at radius 1 is 1.14 bits per heavy atom. The van der Waals surface area contributed by atoms with E-state index in [1.54, 1.807) is 0 Å². The van der Waals surface area contributed by atoms with E-state index >= 15 is 0 Å². The van der Waals surface area contributed by atoms with E-state index in [-0.39, 0.29) is 29.9 Å². The van der Waals surface area contributed by atoms with Gasteiger partial charge < -0.3 is 16.0 Å². The largest absolute Gasteiger partial charge is 0.357 e. The van der Waals surface area contributed by atoms with Gasteiger partial charge in [-0.15, -0.1) is 24.0 Å². The summed E-state index contributed by atoms with van der Waals surface area (Å²) >= 11 is 0. The minimum absolute atomic E-state index is 0. The van der Waals surface area contributed by atoms with Gasteiger partial charge in [0.05, 0.1) is 6.54 Å². The second-order valence-corrected chi connectivity index (χ2v) is 5.96. The zero-order valence-corrected chi connectivity index (χ0v) is 16.6. The lowest BCUT2D eigenvalue weighted by atomic mass is 9.87. The summed E-state index contributed by atoms with van der Waals surface area (Å²) in [6.45, 7) is 8.57. The van der Waals surface area contributed by atoms with Gasteiger partial charge in [-0.2, -0.15) is 0 Å². The second-order valence-electron chi connectivity index (χ2n) is 5.96. The van der Waals surface area contributed by atoms with Crippen LogP contribution in [0, 0.1) is 5.92 Å². The number of carbonyl (C=O) groups is 1. The molecular weight excluding hydrogens is 391 g/mol. The number of nitrogens with one attached hydrogen (secondary N) is 3. The number of nitrogens with zero attached hydrogens (tertiary/aromatic N) is 1. The van der Waals surface area contributed by atoms with Crippen molar-refractivity contribution >= 4 is 35.8 Å². The van der Waals surface area contributed by atoms with Crippen LogP contribution in [0.15, 0.2) is 4.99 Å². The number of hydrogen-bond donors (Lipinski definition) is 3. The lowest BCUT2D eigenvalue weighted by Crippen LogP contribution is -2.44. The Morgan fingerprint density at radius 3 is 2.41 bits per heavy atom. The summed E-state index contributed by atoms with van der Waals surface area (Å²) < 4.78 is 0. The molecule has 0 radical (unpaired) electrons. The van der Waals surface area contributed by atoms with Crippen LogP contribution < -0.4 is 16.0 Å². The molecule has 1 aliphatic carbocycles. The smallest absolute Gasteiger partial charge is 0.221 e. The second kappa shape index (κ2) is 13.0. The summed E-state index contributed by atoms with van der Waals surface area (Å²) in [5.74, 6) is 1.79. The first kappa shape index (κ1) is 21.5. The van der Waals surface area contributed by atoms with Crippen molar-refractivity contribution in [3.8, 4) is 0 Å². The van der Waals surface area contributed by atoms with Crippen LogP contribution in [-0.4, -0.2) is 37.5 Å². The third-order valence-corrected chi connectivity index (χ3v) is 3.88. The van der Waals surface area contributed by atoms with Crippen molar-refractivity contribution in [1.82, 2.24) is 16.0 Å². The maximum absolute atomic E-state index is 11.5. The highest BCUT2D eigenvalue weighted by atomic mass is 127. The third-order valence-electron chi connectivity index (χ3n) is 3.88. The topological polar surface area (TPSA) is 65.5 Å². The third kappa shape index (κ3) is 9.48. The molecule has 0 aromatic heterocycles.